The van der Waals surface area contributed by atoms with Gasteiger partial charge < -0.3 is 15.1 Å². The SMILES string of the molecule is CCN1CCN(C(=O)C[C@@H](C(=O)N[C@@H]2C(=O)N3C2SC(C)(C)[C@@H]3C)c2ccccc2)C(=O)C1=O. The molecular formula is C24H30N4O5S. The minimum absolute atomic E-state index is 0.0555. The van der Waals surface area contributed by atoms with Gasteiger partial charge in [-0.25, -0.2) is 0 Å². The zero-order valence-corrected chi connectivity index (χ0v) is 20.6. The van der Waals surface area contributed by atoms with E-state index in [0.717, 1.165) is 4.90 Å². The van der Waals surface area contributed by atoms with Crippen LogP contribution in [-0.4, -0.2) is 86.1 Å². The first-order chi connectivity index (χ1) is 16.1. The van der Waals surface area contributed by atoms with E-state index in [1.165, 1.54) is 4.90 Å². The topological polar surface area (TPSA) is 107 Å². The van der Waals surface area contributed by atoms with Crippen molar-refractivity contribution in [2.75, 3.05) is 19.6 Å². The molecule has 0 radical (unpaired) electrons. The second kappa shape index (κ2) is 9.05. The highest BCUT2D eigenvalue weighted by Crippen LogP contribution is 2.50. The third kappa shape index (κ3) is 4.08. The number of piperazine rings is 1. The highest BCUT2D eigenvalue weighted by molar-refractivity contribution is 8.01. The Morgan fingerprint density at radius 1 is 1.12 bits per heavy atom. The Bertz CT molecular complexity index is 1030. The number of nitrogens with zero attached hydrogens (tertiary/aromatic N) is 3. The van der Waals surface area contributed by atoms with E-state index >= 15 is 0 Å². The maximum absolute atomic E-state index is 13.4. The number of carbonyl (C=O) groups excluding carboxylic acids is 5. The number of amides is 5. The van der Waals surface area contributed by atoms with Crippen molar-refractivity contribution < 1.29 is 24.0 Å². The number of fused-ring (bicyclic) bond motifs is 1. The van der Waals surface area contributed by atoms with Crippen LogP contribution in [0.3, 0.4) is 0 Å². The third-order valence-corrected chi connectivity index (χ3v) is 8.80. The van der Waals surface area contributed by atoms with Crippen LogP contribution in [0, 0.1) is 0 Å². The molecule has 1 N–H and O–H groups in total. The van der Waals surface area contributed by atoms with Crippen molar-refractivity contribution in [3.8, 4) is 0 Å². The summed E-state index contributed by atoms with van der Waals surface area (Å²) in [6.45, 7) is 8.69. The van der Waals surface area contributed by atoms with Gasteiger partial charge in [-0.3, -0.25) is 28.9 Å². The molecule has 0 aliphatic carbocycles. The first kappa shape index (κ1) is 24.3. The van der Waals surface area contributed by atoms with Gasteiger partial charge in [0.1, 0.15) is 11.4 Å². The van der Waals surface area contributed by atoms with Gasteiger partial charge in [-0.15, -0.1) is 11.8 Å². The molecule has 1 aromatic carbocycles. The summed E-state index contributed by atoms with van der Waals surface area (Å²) in [6, 6.07) is 8.22. The van der Waals surface area contributed by atoms with Crippen LogP contribution in [0.25, 0.3) is 0 Å². The fraction of sp³-hybridized carbons (Fsp3) is 0.542. The summed E-state index contributed by atoms with van der Waals surface area (Å²) < 4.78 is -0.123. The fourth-order valence-electron chi connectivity index (χ4n) is 4.70. The molecule has 4 atom stereocenters. The summed E-state index contributed by atoms with van der Waals surface area (Å²) in [5.74, 6) is -3.61. The number of benzene rings is 1. The van der Waals surface area contributed by atoms with Crippen LogP contribution in [0.1, 0.15) is 45.6 Å². The van der Waals surface area contributed by atoms with Gasteiger partial charge in [0.15, 0.2) is 0 Å². The maximum Gasteiger partial charge on any atom is 0.318 e. The van der Waals surface area contributed by atoms with Gasteiger partial charge in [0, 0.05) is 36.8 Å². The zero-order chi connectivity index (χ0) is 24.8. The molecule has 9 nitrogen and oxygen atoms in total. The molecule has 0 spiro atoms. The van der Waals surface area contributed by atoms with Crippen LogP contribution in [0.5, 0.6) is 0 Å². The molecule has 1 unspecified atom stereocenters. The Balaban J connectivity index is 1.50. The largest absolute Gasteiger partial charge is 0.341 e. The van der Waals surface area contributed by atoms with Crippen molar-refractivity contribution in [3.63, 3.8) is 0 Å². The number of hydrogen-bond donors (Lipinski definition) is 1. The molecule has 5 amide bonds. The van der Waals surface area contributed by atoms with Crippen LogP contribution in [0.2, 0.25) is 0 Å². The average molecular weight is 487 g/mol. The molecule has 10 heteroatoms. The second-order valence-electron chi connectivity index (χ2n) is 9.42. The van der Waals surface area contributed by atoms with E-state index in [4.69, 9.17) is 0 Å². The lowest BCUT2D eigenvalue weighted by Gasteiger charge is -2.44. The summed E-state index contributed by atoms with van der Waals surface area (Å²) in [6.07, 6.45) is -0.272. The number of nitrogens with one attached hydrogen (secondary N) is 1. The molecule has 3 fully saturated rings. The van der Waals surface area contributed by atoms with E-state index in [1.54, 1.807) is 53.9 Å². The average Bonchev–Trinajstić information content (AvgIpc) is 3.03. The molecular weight excluding hydrogens is 456 g/mol. The van der Waals surface area contributed by atoms with Gasteiger partial charge in [-0.05, 0) is 33.3 Å². The Labute approximate surface area is 203 Å². The molecule has 0 bridgehead atoms. The maximum atomic E-state index is 13.4. The van der Waals surface area contributed by atoms with E-state index in [9.17, 15) is 24.0 Å². The standard InChI is InChI=1S/C24H30N4O5S/c1-5-26-11-12-27(22(33)21(26)32)17(29)13-16(15-9-7-6-8-10-15)19(30)25-18-20(31)28-14(2)24(3,4)34-23(18)28/h6-10,14,16,18,23H,5,11-13H2,1-4H3,(H,25,30)/t14-,16+,18+,23?/m0/s1. The van der Waals surface area contributed by atoms with Crippen molar-refractivity contribution in [1.82, 2.24) is 20.0 Å². The first-order valence-corrected chi connectivity index (χ1v) is 12.4. The molecule has 3 saturated heterocycles. The summed E-state index contributed by atoms with van der Waals surface area (Å²) >= 11 is 1.65. The smallest absolute Gasteiger partial charge is 0.318 e. The van der Waals surface area contributed by atoms with Gasteiger partial charge in [0.2, 0.25) is 17.7 Å². The number of carbonyl (C=O) groups is 5. The van der Waals surface area contributed by atoms with E-state index in [1.807, 2.05) is 6.92 Å². The van der Waals surface area contributed by atoms with Crippen molar-refractivity contribution in [3.05, 3.63) is 35.9 Å². The van der Waals surface area contributed by atoms with E-state index in [-0.39, 0.29) is 41.6 Å². The lowest BCUT2D eigenvalue weighted by molar-refractivity contribution is -0.161. The fourth-order valence-corrected chi connectivity index (χ4v) is 6.35. The van der Waals surface area contributed by atoms with Crippen LogP contribution >= 0.6 is 11.8 Å². The van der Waals surface area contributed by atoms with Gasteiger partial charge >= 0.3 is 11.8 Å². The number of hydrogen-bond acceptors (Lipinski definition) is 6. The normalized spacial score (nSPS) is 26.8. The predicted molar refractivity (Wildman–Crippen MR) is 126 cm³/mol. The van der Waals surface area contributed by atoms with Crippen molar-refractivity contribution in [1.29, 1.82) is 0 Å². The van der Waals surface area contributed by atoms with Gasteiger partial charge in [0.05, 0.1) is 5.92 Å². The minimum Gasteiger partial charge on any atom is -0.341 e. The number of β-lactam (4-membered cyclic amide) rings is 1. The van der Waals surface area contributed by atoms with E-state index < -0.39 is 35.6 Å². The Morgan fingerprint density at radius 3 is 2.44 bits per heavy atom. The molecule has 34 heavy (non-hydrogen) atoms. The van der Waals surface area contributed by atoms with Gasteiger partial charge in [-0.1, -0.05) is 30.3 Å². The van der Waals surface area contributed by atoms with E-state index in [0.29, 0.717) is 12.1 Å². The zero-order valence-electron chi connectivity index (χ0n) is 19.8. The molecule has 1 aromatic rings. The molecule has 3 heterocycles. The van der Waals surface area contributed by atoms with Crippen LogP contribution in [0.4, 0.5) is 0 Å². The number of imide groups is 1. The van der Waals surface area contributed by atoms with Gasteiger partial charge in [0.25, 0.3) is 0 Å². The number of likely N-dealkylation sites (N-methyl/N-ethyl adjacent to an activating group) is 1. The van der Waals surface area contributed by atoms with Crippen LogP contribution in [-0.2, 0) is 24.0 Å². The Morgan fingerprint density at radius 2 is 1.79 bits per heavy atom. The molecule has 3 aliphatic rings. The molecule has 0 saturated carbocycles. The summed E-state index contributed by atoms with van der Waals surface area (Å²) in [4.78, 5) is 68.0. The van der Waals surface area contributed by atoms with Crippen molar-refractivity contribution in [2.24, 2.45) is 0 Å². The Hall–Kier alpha value is -2.88. The van der Waals surface area contributed by atoms with Crippen molar-refractivity contribution >= 4 is 41.3 Å². The lowest BCUT2D eigenvalue weighted by atomic mass is 9.92. The summed E-state index contributed by atoms with van der Waals surface area (Å²) in [5.41, 5.74) is 0.607. The first-order valence-electron chi connectivity index (χ1n) is 11.6. The van der Waals surface area contributed by atoms with Crippen LogP contribution < -0.4 is 5.32 Å². The third-order valence-electron chi connectivity index (χ3n) is 7.11. The number of thioether (sulfide) groups is 1. The lowest BCUT2D eigenvalue weighted by Crippen LogP contribution is -2.69. The monoisotopic (exact) mass is 486 g/mol. The van der Waals surface area contributed by atoms with E-state index in [2.05, 4.69) is 19.2 Å². The highest BCUT2D eigenvalue weighted by Gasteiger charge is 2.60. The molecule has 0 aromatic heterocycles. The van der Waals surface area contributed by atoms with Gasteiger partial charge in [-0.2, -0.15) is 0 Å². The number of rotatable bonds is 6. The Kier molecular flexibility index (Phi) is 6.46. The second-order valence-corrected chi connectivity index (χ2v) is 11.2. The molecule has 182 valence electrons. The minimum atomic E-state index is -0.889. The summed E-state index contributed by atoms with van der Waals surface area (Å²) in [5, 5.41) is 2.71. The predicted octanol–water partition coefficient (Wildman–Crippen LogP) is 0.945. The van der Waals surface area contributed by atoms with Crippen LogP contribution in [0.15, 0.2) is 30.3 Å². The quantitative estimate of drug-likeness (QED) is 0.474. The summed E-state index contributed by atoms with van der Waals surface area (Å²) in [7, 11) is 0. The molecule has 4 rings (SSSR count). The highest BCUT2D eigenvalue weighted by atomic mass is 32.2. The molecule has 3 aliphatic heterocycles. The van der Waals surface area contributed by atoms with Crippen molar-refractivity contribution in [2.45, 2.75) is 62.2 Å².